The Morgan fingerprint density at radius 2 is 2.00 bits per heavy atom. The van der Waals surface area contributed by atoms with Gasteiger partial charge in [-0.1, -0.05) is 6.07 Å². The fourth-order valence-electron chi connectivity index (χ4n) is 2.43. The fourth-order valence-corrected chi connectivity index (χ4v) is 2.85. The molecule has 3 nitrogen and oxygen atoms in total. The summed E-state index contributed by atoms with van der Waals surface area (Å²) in [6.45, 7) is 0. The number of hydrogen-bond acceptors (Lipinski definition) is 3. The molecule has 0 aliphatic carbocycles. The van der Waals surface area contributed by atoms with E-state index in [2.05, 4.69) is 26.3 Å². The maximum Gasteiger partial charge on any atom is 0.191 e. The molecule has 18 heavy (non-hydrogen) atoms. The maximum atomic E-state index is 13.8. The molecule has 7 heteroatoms. The third-order valence-electron chi connectivity index (χ3n) is 3.20. The van der Waals surface area contributed by atoms with E-state index >= 15 is 0 Å². The summed E-state index contributed by atoms with van der Waals surface area (Å²) in [6, 6.07) is 2.89. The van der Waals surface area contributed by atoms with Crippen molar-refractivity contribution in [3.8, 4) is 0 Å². The number of nitrogens with one attached hydrogen (secondary N) is 1. The van der Waals surface area contributed by atoms with Gasteiger partial charge in [0.15, 0.2) is 4.74 Å². The molecule has 0 amide bonds. The standard InChI is InChI=1S/C11H9BrF3N3/c12-11-16-10-7(15)4-8(18(10)17-11)9-5(13)2-1-3-6(9)14/h1-3,7-8,10H,4H2,(H,16,17)/t7-,8-,10?/m0/s1. The highest BCUT2D eigenvalue weighted by Crippen LogP contribution is 2.41. The molecule has 0 bridgehead atoms. The molecule has 1 aromatic carbocycles. The van der Waals surface area contributed by atoms with Gasteiger partial charge in [0.1, 0.15) is 24.0 Å². The minimum absolute atomic E-state index is 0.0132. The van der Waals surface area contributed by atoms with E-state index in [4.69, 9.17) is 0 Å². The first-order valence-corrected chi connectivity index (χ1v) is 6.24. The number of fused-ring (bicyclic) bond motifs is 1. The summed E-state index contributed by atoms with van der Waals surface area (Å²) in [6.07, 6.45) is -1.88. The largest absolute Gasteiger partial charge is 0.339 e. The van der Waals surface area contributed by atoms with Gasteiger partial charge in [-0.15, -0.1) is 5.10 Å². The lowest BCUT2D eigenvalue weighted by Crippen LogP contribution is -2.38. The Bertz CT molecular complexity index is 502. The highest BCUT2D eigenvalue weighted by atomic mass is 79.9. The van der Waals surface area contributed by atoms with Gasteiger partial charge in [-0.3, -0.25) is 5.01 Å². The highest BCUT2D eigenvalue weighted by molar-refractivity contribution is 9.18. The zero-order valence-electron chi connectivity index (χ0n) is 9.08. The Morgan fingerprint density at radius 3 is 2.67 bits per heavy atom. The molecule has 2 heterocycles. The summed E-state index contributed by atoms with van der Waals surface area (Å²) in [5, 5.41) is 8.17. The Labute approximate surface area is 110 Å². The second kappa shape index (κ2) is 4.15. The number of nitrogens with zero attached hydrogens (tertiary/aromatic N) is 2. The number of benzene rings is 1. The van der Waals surface area contributed by atoms with Gasteiger partial charge in [-0.2, -0.15) is 0 Å². The van der Waals surface area contributed by atoms with Crippen LogP contribution < -0.4 is 5.32 Å². The summed E-state index contributed by atoms with van der Waals surface area (Å²) >= 11 is 3.10. The van der Waals surface area contributed by atoms with Crippen molar-refractivity contribution in [3.05, 3.63) is 35.4 Å². The summed E-state index contributed by atoms with van der Waals surface area (Å²) in [5.74, 6) is -1.35. The molecule has 1 N–H and O–H groups in total. The first kappa shape index (κ1) is 11.8. The predicted molar refractivity (Wildman–Crippen MR) is 63.7 cm³/mol. The van der Waals surface area contributed by atoms with Gasteiger partial charge >= 0.3 is 0 Å². The molecular weight excluding hydrogens is 311 g/mol. The van der Waals surface area contributed by atoms with E-state index in [9.17, 15) is 13.2 Å². The van der Waals surface area contributed by atoms with Crippen LogP contribution in [0.1, 0.15) is 18.0 Å². The molecule has 3 atom stereocenters. The van der Waals surface area contributed by atoms with Crippen molar-refractivity contribution in [1.82, 2.24) is 10.3 Å². The van der Waals surface area contributed by atoms with Gasteiger partial charge < -0.3 is 5.32 Å². The van der Waals surface area contributed by atoms with Crippen molar-refractivity contribution in [2.45, 2.75) is 24.8 Å². The van der Waals surface area contributed by atoms with E-state index in [0.717, 1.165) is 0 Å². The first-order chi connectivity index (χ1) is 8.58. The molecule has 0 radical (unpaired) electrons. The van der Waals surface area contributed by atoms with Gasteiger partial charge in [0.2, 0.25) is 0 Å². The predicted octanol–water partition coefficient (Wildman–Crippen LogP) is 2.64. The number of halogens is 4. The maximum absolute atomic E-state index is 13.8. The Balaban J connectivity index is 2.02. The summed E-state index contributed by atoms with van der Waals surface area (Å²) < 4.78 is 41.6. The normalized spacial score (nSPS) is 30.1. The van der Waals surface area contributed by atoms with Crippen LogP contribution in [0.4, 0.5) is 13.2 Å². The minimum atomic E-state index is -1.23. The quantitative estimate of drug-likeness (QED) is 0.806. The van der Waals surface area contributed by atoms with Crippen molar-refractivity contribution in [3.63, 3.8) is 0 Å². The Morgan fingerprint density at radius 1 is 1.33 bits per heavy atom. The average Bonchev–Trinajstić information content (AvgIpc) is 2.80. The van der Waals surface area contributed by atoms with E-state index in [-0.39, 0.29) is 12.0 Å². The van der Waals surface area contributed by atoms with Crippen LogP contribution >= 0.6 is 15.9 Å². The van der Waals surface area contributed by atoms with Crippen molar-refractivity contribution < 1.29 is 13.2 Å². The van der Waals surface area contributed by atoms with Crippen LogP contribution in [-0.2, 0) is 0 Å². The second-order valence-corrected chi connectivity index (χ2v) is 5.01. The summed E-state index contributed by atoms with van der Waals surface area (Å²) in [7, 11) is 0. The molecule has 0 aromatic heterocycles. The number of rotatable bonds is 1. The number of hydrazone groups is 1. The zero-order valence-corrected chi connectivity index (χ0v) is 10.7. The molecule has 1 aromatic rings. The lowest BCUT2D eigenvalue weighted by atomic mass is 10.0. The molecular formula is C11H9BrF3N3. The van der Waals surface area contributed by atoms with Crippen LogP contribution in [0, 0.1) is 11.6 Å². The van der Waals surface area contributed by atoms with E-state index in [1.54, 1.807) is 0 Å². The summed E-state index contributed by atoms with van der Waals surface area (Å²) in [5.41, 5.74) is -0.129. The molecule has 1 unspecified atom stereocenters. The first-order valence-electron chi connectivity index (χ1n) is 5.45. The molecule has 1 saturated heterocycles. The monoisotopic (exact) mass is 319 g/mol. The molecule has 1 fully saturated rings. The van der Waals surface area contributed by atoms with Crippen LogP contribution in [0.3, 0.4) is 0 Å². The van der Waals surface area contributed by atoms with Crippen LogP contribution in [0.5, 0.6) is 0 Å². The number of amidine groups is 1. The number of alkyl halides is 1. The van der Waals surface area contributed by atoms with Crippen molar-refractivity contribution in [2.75, 3.05) is 0 Å². The topological polar surface area (TPSA) is 27.6 Å². The molecule has 2 aliphatic rings. The number of hydrogen-bond donors (Lipinski definition) is 1. The van der Waals surface area contributed by atoms with E-state index < -0.39 is 30.0 Å². The van der Waals surface area contributed by atoms with Crippen molar-refractivity contribution >= 4 is 20.7 Å². The fraction of sp³-hybridized carbons (Fsp3) is 0.364. The second-order valence-electron chi connectivity index (χ2n) is 4.26. The van der Waals surface area contributed by atoms with Crippen LogP contribution in [-0.4, -0.2) is 22.1 Å². The molecule has 3 rings (SSSR count). The molecule has 0 saturated carbocycles. The third kappa shape index (κ3) is 1.68. The third-order valence-corrected chi connectivity index (χ3v) is 3.59. The van der Waals surface area contributed by atoms with Crippen LogP contribution in [0.2, 0.25) is 0 Å². The molecule has 96 valence electrons. The lowest BCUT2D eigenvalue weighted by molar-refractivity contribution is 0.176. The summed E-state index contributed by atoms with van der Waals surface area (Å²) in [4.78, 5) is 0. The van der Waals surface area contributed by atoms with E-state index in [0.29, 0.717) is 4.74 Å². The Hall–Kier alpha value is -1.24. The average molecular weight is 320 g/mol. The van der Waals surface area contributed by atoms with Gasteiger partial charge in [-0.25, -0.2) is 13.2 Å². The van der Waals surface area contributed by atoms with Gasteiger partial charge in [0, 0.05) is 12.0 Å². The van der Waals surface area contributed by atoms with Crippen molar-refractivity contribution in [2.24, 2.45) is 5.10 Å². The highest BCUT2D eigenvalue weighted by Gasteiger charge is 2.47. The van der Waals surface area contributed by atoms with E-state index in [1.807, 2.05) is 0 Å². The van der Waals surface area contributed by atoms with Crippen molar-refractivity contribution in [1.29, 1.82) is 0 Å². The SMILES string of the molecule is Fc1cccc(F)c1[C@@H]1C[C@H](F)C2NC(Br)=NN21. The van der Waals surface area contributed by atoms with Gasteiger partial charge in [0.25, 0.3) is 0 Å². The Kier molecular flexibility index (Phi) is 2.73. The van der Waals surface area contributed by atoms with Crippen LogP contribution in [0.15, 0.2) is 23.3 Å². The zero-order chi connectivity index (χ0) is 12.9. The van der Waals surface area contributed by atoms with E-state index in [1.165, 1.54) is 23.2 Å². The lowest BCUT2D eigenvalue weighted by Gasteiger charge is -2.22. The van der Waals surface area contributed by atoms with Crippen LogP contribution in [0.25, 0.3) is 0 Å². The van der Waals surface area contributed by atoms with Gasteiger partial charge in [0.05, 0.1) is 6.04 Å². The minimum Gasteiger partial charge on any atom is -0.339 e. The molecule has 0 spiro atoms. The smallest absolute Gasteiger partial charge is 0.191 e. The van der Waals surface area contributed by atoms with Gasteiger partial charge in [-0.05, 0) is 28.1 Å². The molecule has 2 aliphatic heterocycles.